The number of benzene rings is 1. The van der Waals surface area contributed by atoms with Crippen molar-refractivity contribution in [2.45, 2.75) is 4.90 Å². The number of sulfonamides is 1. The Hall–Kier alpha value is -2.12. The topological polar surface area (TPSA) is 79.4 Å². The molecule has 0 saturated heterocycles. The third kappa shape index (κ3) is 3.55. The van der Waals surface area contributed by atoms with Gasteiger partial charge in [-0.25, -0.2) is 13.4 Å². The summed E-state index contributed by atoms with van der Waals surface area (Å²) in [5, 5.41) is -0.102. The minimum atomic E-state index is -3.83. The highest BCUT2D eigenvalue weighted by atomic mass is 35.5. The van der Waals surface area contributed by atoms with E-state index in [1.807, 2.05) is 0 Å². The maximum atomic E-state index is 12.2. The Morgan fingerprint density at radius 3 is 2.36 bits per heavy atom. The number of carbonyl (C=O) groups excluding carboxylic acids is 1. The summed E-state index contributed by atoms with van der Waals surface area (Å²) in [6.45, 7) is 0. The summed E-state index contributed by atoms with van der Waals surface area (Å²) in [7, 11) is -0.549. The van der Waals surface area contributed by atoms with Gasteiger partial charge in [0.1, 0.15) is 10.0 Å². The van der Waals surface area contributed by atoms with Crippen LogP contribution in [0.3, 0.4) is 0 Å². The molecule has 1 N–H and O–H groups in total. The average Bonchev–Trinajstić information content (AvgIpc) is 2.47. The summed E-state index contributed by atoms with van der Waals surface area (Å²) in [5.41, 5.74) is 0.794. The average molecular weight is 340 g/mol. The van der Waals surface area contributed by atoms with Crippen LogP contribution in [0.5, 0.6) is 0 Å². The number of aromatic nitrogens is 1. The van der Waals surface area contributed by atoms with Crippen LogP contribution in [0.25, 0.3) is 0 Å². The van der Waals surface area contributed by atoms with Crippen LogP contribution >= 0.6 is 11.6 Å². The van der Waals surface area contributed by atoms with E-state index in [0.29, 0.717) is 11.3 Å². The van der Waals surface area contributed by atoms with Gasteiger partial charge in [-0.1, -0.05) is 11.6 Å². The number of pyridine rings is 1. The molecule has 1 aromatic carbocycles. The molecule has 1 amide bonds. The Morgan fingerprint density at radius 1 is 1.18 bits per heavy atom. The van der Waals surface area contributed by atoms with E-state index >= 15 is 0 Å². The summed E-state index contributed by atoms with van der Waals surface area (Å²) in [6.07, 6.45) is 1.41. The Balaban J connectivity index is 2.24. The zero-order chi connectivity index (χ0) is 16.3. The van der Waals surface area contributed by atoms with Gasteiger partial charge in [-0.3, -0.25) is 9.52 Å². The van der Waals surface area contributed by atoms with Crippen LogP contribution < -0.4 is 4.72 Å². The molecule has 6 nitrogen and oxygen atoms in total. The molecule has 0 atom stereocenters. The molecular weight excluding hydrogens is 326 g/mol. The minimum absolute atomic E-state index is 0.102. The lowest BCUT2D eigenvalue weighted by Gasteiger charge is -2.12. The van der Waals surface area contributed by atoms with Gasteiger partial charge in [-0.2, -0.15) is 0 Å². The second-order valence-corrected chi connectivity index (χ2v) is 6.68. The first-order chi connectivity index (χ1) is 10.3. The maximum absolute atomic E-state index is 12.2. The Morgan fingerprint density at radius 2 is 1.82 bits per heavy atom. The van der Waals surface area contributed by atoms with Crippen LogP contribution in [0.4, 0.5) is 5.69 Å². The van der Waals surface area contributed by atoms with Gasteiger partial charge < -0.3 is 4.90 Å². The first-order valence-electron chi connectivity index (χ1n) is 6.26. The molecule has 0 saturated carbocycles. The SMILES string of the molecule is CN(C)C(=O)c1ccc(NS(=O)(=O)c2cccnc2Cl)cc1. The monoisotopic (exact) mass is 339 g/mol. The highest BCUT2D eigenvalue weighted by molar-refractivity contribution is 7.92. The summed E-state index contributed by atoms with van der Waals surface area (Å²) >= 11 is 5.80. The minimum Gasteiger partial charge on any atom is -0.345 e. The van der Waals surface area contributed by atoms with E-state index in [4.69, 9.17) is 11.6 Å². The molecule has 0 radical (unpaired) electrons. The van der Waals surface area contributed by atoms with E-state index in [0.717, 1.165) is 0 Å². The number of hydrogen-bond acceptors (Lipinski definition) is 4. The molecule has 2 rings (SSSR count). The van der Waals surface area contributed by atoms with Gasteiger partial charge >= 0.3 is 0 Å². The Bertz CT molecular complexity index is 789. The molecule has 1 aromatic heterocycles. The largest absolute Gasteiger partial charge is 0.345 e. The number of halogens is 1. The molecule has 0 aliphatic rings. The summed E-state index contributed by atoms with van der Waals surface area (Å²) in [4.78, 5) is 16.8. The number of nitrogens with zero attached hydrogens (tertiary/aromatic N) is 2. The fraction of sp³-hybridized carbons (Fsp3) is 0.143. The van der Waals surface area contributed by atoms with Gasteiger partial charge in [0.2, 0.25) is 0 Å². The van der Waals surface area contributed by atoms with Crippen molar-refractivity contribution in [2.24, 2.45) is 0 Å². The Kier molecular flexibility index (Phi) is 4.68. The molecular formula is C14H14ClN3O3S. The summed E-state index contributed by atoms with van der Waals surface area (Å²) in [5.74, 6) is -0.162. The lowest BCUT2D eigenvalue weighted by molar-refractivity contribution is 0.0827. The lowest BCUT2D eigenvalue weighted by Crippen LogP contribution is -2.21. The van der Waals surface area contributed by atoms with E-state index in [-0.39, 0.29) is 16.0 Å². The number of anilines is 1. The molecule has 0 aliphatic heterocycles. The van der Waals surface area contributed by atoms with Crippen LogP contribution in [0.2, 0.25) is 5.15 Å². The van der Waals surface area contributed by atoms with E-state index < -0.39 is 10.0 Å². The number of carbonyl (C=O) groups is 1. The second-order valence-electron chi connectivity index (χ2n) is 4.67. The molecule has 0 bridgehead atoms. The van der Waals surface area contributed by atoms with Gasteiger partial charge in [0.25, 0.3) is 15.9 Å². The van der Waals surface area contributed by atoms with Crippen LogP contribution in [0, 0.1) is 0 Å². The fourth-order valence-electron chi connectivity index (χ4n) is 1.72. The third-order valence-electron chi connectivity index (χ3n) is 2.80. The predicted octanol–water partition coefficient (Wildman–Crippen LogP) is 2.24. The van der Waals surface area contributed by atoms with Crippen molar-refractivity contribution >= 4 is 33.2 Å². The van der Waals surface area contributed by atoms with E-state index in [1.54, 1.807) is 26.2 Å². The highest BCUT2D eigenvalue weighted by Crippen LogP contribution is 2.21. The second kappa shape index (κ2) is 6.33. The van der Waals surface area contributed by atoms with E-state index in [1.165, 1.54) is 35.4 Å². The van der Waals surface area contributed by atoms with Gasteiger partial charge in [-0.05, 0) is 36.4 Å². The molecule has 0 spiro atoms. The first kappa shape index (κ1) is 16.3. The number of rotatable bonds is 4. The van der Waals surface area contributed by atoms with E-state index in [2.05, 4.69) is 9.71 Å². The van der Waals surface area contributed by atoms with Crippen LogP contribution in [-0.2, 0) is 10.0 Å². The van der Waals surface area contributed by atoms with Crippen molar-refractivity contribution in [1.29, 1.82) is 0 Å². The first-order valence-corrected chi connectivity index (χ1v) is 8.12. The normalized spacial score (nSPS) is 11.0. The third-order valence-corrected chi connectivity index (χ3v) is 4.63. The van der Waals surface area contributed by atoms with Crippen LogP contribution in [0.15, 0.2) is 47.5 Å². The van der Waals surface area contributed by atoms with Crippen molar-refractivity contribution in [3.05, 3.63) is 53.3 Å². The maximum Gasteiger partial charge on any atom is 0.264 e. The molecule has 22 heavy (non-hydrogen) atoms. The number of amides is 1. The summed E-state index contributed by atoms with van der Waals surface area (Å²) < 4.78 is 26.9. The summed E-state index contributed by atoms with van der Waals surface area (Å²) in [6, 6.07) is 8.97. The molecule has 2 aromatic rings. The Labute approximate surface area is 133 Å². The molecule has 0 aliphatic carbocycles. The van der Waals surface area contributed by atoms with Crippen LogP contribution in [0.1, 0.15) is 10.4 Å². The highest BCUT2D eigenvalue weighted by Gasteiger charge is 2.18. The standard InChI is InChI=1S/C14H14ClN3O3S/c1-18(2)14(19)10-5-7-11(8-6-10)17-22(20,21)12-4-3-9-16-13(12)15/h3-9,17H,1-2H3. The molecule has 0 fully saturated rings. The zero-order valence-electron chi connectivity index (χ0n) is 11.9. The van der Waals surface area contributed by atoms with Gasteiger partial charge in [0.05, 0.1) is 0 Å². The number of nitrogens with one attached hydrogen (secondary N) is 1. The quantitative estimate of drug-likeness (QED) is 0.866. The van der Waals surface area contributed by atoms with Crippen LogP contribution in [-0.4, -0.2) is 38.3 Å². The van der Waals surface area contributed by atoms with Crippen molar-refractivity contribution in [1.82, 2.24) is 9.88 Å². The molecule has 0 unspecified atom stereocenters. The van der Waals surface area contributed by atoms with Gasteiger partial charge in [0, 0.05) is 31.5 Å². The van der Waals surface area contributed by atoms with Gasteiger partial charge in [-0.15, -0.1) is 0 Å². The molecule has 8 heteroatoms. The van der Waals surface area contributed by atoms with Gasteiger partial charge in [0.15, 0.2) is 0 Å². The van der Waals surface area contributed by atoms with E-state index in [9.17, 15) is 13.2 Å². The van der Waals surface area contributed by atoms with Crippen molar-refractivity contribution in [3.8, 4) is 0 Å². The smallest absolute Gasteiger partial charge is 0.264 e. The van der Waals surface area contributed by atoms with Crippen molar-refractivity contribution < 1.29 is 13.2 Å². The van der Waals surface area contributed by atoms with Crippen molar-refractivity contribution in [2.75, 3.05) is 18.8 Å². The number of hydrogen-bond donors (Lipinski definition) is 1. The van der Waals surface area contributed by atoms with Crippen molar-refractivity contribution in [3.63, 3.8) is 0 Å². The predicted molar refractivity (Wildman–Crippen MR) is 84.5 cm³/mol. The fourth-order valence-corrected chi connectivity index (χ4v) is 3.23. The lowest BCUT2D eigenvalue weighted by atomic mass is 10.2. The zero-order valence-corrected chi connectivity index (χ0v) is 13.5. The molecule has 116 valence electrons. The molecule has 1 heterocycles.